The van der Waals surface area contributed by atoms with Crippen molar-refractivity contribution in [3.63, 3.8) is 0 Å². The second kappa shape index (κ2) is 6.92. The Morgan fingerprint density at radius 3 is 3.04 bits per heavy atom. The molecule has 0 saturated heterocycles. The number of nitrogens with zero attached hydrogens (tertiary/aromatic N) is 3. The van der Waals surface area contributed by atoms with Crippen molar-refractivity contribution in [3.8, 4) is 0 Å². The SMILES string of the molecule is Cc1noc(CNc2cccc(C(=O)N3CCc4sccc4C3)c2C)n1. The van der Waals surface area contributed by atoms with Crippen molar-refractivity contribution in [2.75, 3.05) is 11.9 Å². The number of nitrogens with one attached hydrogen (secondary N) is 1. The van der Waals surface area contributed by atoms with Gasteiger partial charge in [0.2, 0.25) is 5.89 Å². The smallest absolute Gasteiger partial charge is 0.254 e. The molecule has 1 aliphatic heterocycles. The summed E-state index contributed by atoms with van der Waals surface area (Å²) in [5, 5.41) is 9.18. The Balaban J connectivity index is 1.51. The maximum absolute atomic E-state index is 13.0. The summed E-state index contributed by atoms with van der Waals surface area (Å²) in [5.41, 5.74) is 3.84. The highest BCUT2D eigenvalue weighted by Crippen LogP contribution is 2.27. The van der Waals surface area contributed by atoms with Crippen LogP contribution >= 0.6 is 11.3 Å². The monoisotopic (exact) mass is 368 g/mol. The van der Waals surface area contributed by atoms with E-state index in [9.17, 15) is 4.79 Å². The standard InChI is InChI=1S/C19H20N4O2S/c1-12-15(19(24)23-8-6-17-14(11-23)7-9-26-17)4-3-5-16(12)20-10-18-21-13(2)22-25-18/h3-5,7,9,20H,6,8,10-11H2,1-2H3. The van der Waals surface area contributed by atoms with Crippen LogP contribution in [0.3, 0.4) is 0 Å². The fraction of sp³-hybridized carbons (Fsp3) is 0.316. The maximum Gasteiger partial charge on any atom is 0.254 e. The maximum atomic E-state index is 13.0. The number of benzene rings is 1. The van der Waals surface area contributed by atoms with Gasteiger partial charge in [0.1, 0.15) is 0 Å². The first-order valence-corrected chi connectivity index (χ1v) is 9.47. The molecule has 0 unspecified atom stereocenters. The molecule has 3 heterocycles. The van der Waals surface area contributed by atoms with Crippen molar-refractivity contribution in [2.45, 2.75) is 33.4 Å². The van der Waals surface area contributed by atoms with E-state index in [2.05, 4.69) is 26.9 Å². The Kier molecular flexibility index (Phi) is 4.46. The summed E-state index contributed by atoms with van der Waals surface area (Å²) in [7, 11) is 0. The highest BCUT2D eigenvalue weighted by molar-refractivity contribution is 7.10. The van der Waals surface area contributed by atoms with Crippen LogP contribution in [0.1, 0.15) is 38.1 Å². The van der Waals surface area contributed by atoms with Crippen molar-refractivity contribution < 1.29 is 9.32 Å². The number of thiophene rings is 1. The lowest BCUT2D eigenvalue weighted by Gasteiger charge is -2.28. The predicted octanol–water partition coefficient (Wildman–Crippen LogP) is 3.56. The van der Waals surface area contributed by atoms with Gasteiger partial charge in [0.15, 0.2) is 5.82 Å². The van der Waals surface area contributed by atoms with E-state index >= 15 is 0 Å². The third-order valence-electron chi connectivity index (χ3n) is 4.66. The van der Waals surface area contributed by atoms with Crippen molar-refractivity contribution in [2.24, 2.45) is 0 Å². The minimum Gasteiger partial charge on any atom is -0.376 e. The first-order valence-electron chi connectivity index (χ1n) is 8.59. The van der Waals surface area contributed by atoms with Gasteiger partial charge in [-0.25, -0.2) is 0 Å². The molecule has 4 rings (SSSR count). The Hall–Kier alpha value is -2.67. The molecular formula is C19H20N4O2S. The molecule has 26 heavy (non-hydrogen) atoms. The first-order chi connectivity index (χ1) is 12.6. The van der Waals surface area contributed by atoms with Crippen LogP contribution in [0.4, 0.5) is 5.69 Å². The van der Waals surface area contributed by atoms with Gasteiger partial charge in [0.05, 0.1) is 6.54 Å². The molecule has 0 atom stereocenters. The normalized spacial score (nSPS) is 13.5. The van der Waals surface area contributed by atoms with Crippen LogP contribution < -0.4 is 5.32 Å². The molecule has 134 valence electrons. The van der Waals surface area contributed by atoms with Crippen LogP contribution in [0.5, 0.6) is 0 Å². The molecule has 1 amide bonds. The molecule has 1 N–H and O–H groups in total. The Bertz CT molecular complexity index is 947. The predicted molar refractivity (Wildman–Crippen MR) is 100 cm³/mol. The number of anilines is 1. The molecule has 0 spiro atoms. The molecule has 2 aromatic heterocycles. The fourth-order valence-electron chi connectivity index (χ4n) is 3.23. The van der Waals surface area contributed by atoms with Crippen LogP contribution in [0, 0.1) is 13.8 Å². The average molecular weight is 368 g/mol. The second-order valence-electron chi connectivity index (χ2n) is 6.41. The number of fused-ring (bicyclic) bond motifs is 1. The molecule has 0 fully saturated rings. The molecule has 1 aliphatic rings. The molecule has 3 aromatic rings. The fourth-order valence-corrected chi connectivity index (χ4v) is 4.12. The first kappa shape index (κ1) is 16.8. The lowest BCUT2D eigenvalue weighted by Crippen LogP contribution is -2.35. The van der Waals surface area contributed by atoms with Crippen molar-refractivity contribution in [1.82, 2.24) is 15.0 Å². The highest BCUT2D eigenvalue weighted by atomic mass is 32.1. The molecular weight excluding hydrogens is 348 g/mol. The van der Waals surface area contributed by atoms with Crippen LogP contribution in [-0.2, 0) is 19.5 Å². The average Bonchev–Trinajstić information content (AvgIpc) is 3.28. The van der Waals surface area contributed by atoms with Gasteiger partial charge < -0.3 is 14.7 Å². The number of amides is 1. The topological polar surface area (TPSA) is 71.3 Å². The molecule has 0 saturated carbocycles. The number of rotatable bonds is 4. The third-order valence-corrected chi connectivity index (χ3v) is 5.68. The van der Waals surface area contributed by atoms with Crippen LogP contribution in [0.25, 0.3) is 0 Å². The van der Waals surface area contributed by atoms with Gasteiger partial charge in [0.25, 0.3) is 5.91 Å². The van der Waals surface area contributed by atoms with Gasteiger partial charge in [0, 0.05) is 29.2 Å². The van der Waals surface area contributed by atoms with E-state index in [1.54, 1.807) is 18.3 Å². The number of carbonyl (C=O) groups is 1. The number of aromatic nitrogens is 2. The molecule has 0 radical (unpaired) electrons. The third kappa shape index (κ3) is 3.22. The van der Waals surface area contributed by atoms with Gasteiger partial charge in [-0.05, 0) is 55.0 Å². The summed E-state index contributed by atoms with van der Waals surface area (Å²) < 4.78 is 5.13. The largest absolute Gasteiger partial charge is 0.376 e. The zero-order valence-corrected chi connectivity index (χ0v) is 15.6. The highest BCUT2D eigenvalue weighted by Gasteiger charge is 2.24. The van der Waals surface area contributed by atoms with Gasteiger partial charge in [-0.3, -0.25) is 4.79 Å². The minimum atomic E-state index is 0.0802. The second-order valence-corrected chi connectivity index (χ2v) is 7.41. The summed E-state index contributed by atoms with van der Waals surface area (Å²) >= 11 is 1.78. The van der Waals surface area contributed by atoms with E-state index < -0.39 is 0 Å². The molecule has 0 aliphatic carbocycles. The van der Waals surface area contributed by atoms with Crippen LogP contribution in [-0.4, -0.2) is 27.5 Å². The summed E-state index contributed by atoms with van der Waals surface area (Å²) in [6.45, 7) is 5.64. The molecule has 7 heteroatoms. The molecule has 0 bridgehead atoms. The van der Waals surface area contributed by atoms with E-state index in [0.717, 1.165) is 29.8 Å². The van der Waals surface area contributed by atoms with E-state index in [-0.39, 0.29) is 5.91 Å². The lowest BCUT2D eigenvalue weighted by molar-refractivity contribution is 0.0735. The Morgan fingerprint density at radius 2 is 2.23 bits per heavy atom. The lowest BCUT2D eigenvalue weighted by atomic mass is 10.0. The number of hydrogen-bond acceptors (Lipinski definition) is 6. The van der Waals surface area contributed by atoms with Gasteiger partial charge in [-0.1, -0.05) is 11.2 Å². The summed E-state index contributed by atoms with van der Waals surface area (Å²) in [4.78, 5) is 20.6. The Morgan fingerprint density at radius 1 is 1.35 bits per heavy atom. The quantitative estimate of drug-likeness (QED) is 0.762. The van der Waals surface area contributed by atoms with Crippen molar-refractivity contribution in [1.29, 1.82) is 0 Å². The number of carbonyl (C=O) groups excluding carboxylic acids is 1. The molecule has 1 aromatic carbocycles. The number of hydrogen-bond donors (Lipinski definition) is 1. The molecule has 6 nitrogen and oxygen atoms in total. The number of aryl methyl sites for hydroxylation is 1. The van der Waals surface area contributed by atoms with Crippen LogP contribution in [0.2, 0.25) is 0 Å². The Labute approximate surface area is 155 Å². The van der Waals surface area contributed by atoms with Crippen molar-refractivity contribution in [3.05, 3.63) is 62.9 Å². The van der Waals surface area contributed by atoms with E-state index in [4.69, 9.17) is 4.52 Å². The van der Waals surface area contributed by atoms with Gasteiger partial charge >= 0.3 is 0 Å². The van der Waals surface area contributed by atoms with Gasteiger partial charge in [-0.15, -0.1) is 11.3 Å². The van der Waals surface area contributed by atoms with E-state index in [1.165, 1.54) is 10.4 Å². The van der Waals surface area contributed by atoms with Crippen LogP contribution in [0.15, 0.2) is 34.2 Å². The van der Waals surface area contributed by atoms with E-state index in [1.807, 2.05) is 30.0 Å². The van der Waals surface area contributed by atoms with Crippen molar-refractivity contribution >= 4 is 22.9 Å². The van der Waals surface area contributed by atoms with Gasteiger partial charge in [-0.2, -0.15) is 4.98 Å². The zero-order chi connectivity index (χ0) is 18.1. The minimum absolute atomic E-state index is 0.0802. The summed E-state index contributed by atoms with van der Waals surface area (Å²) in [6.07, 6.45) is 0.937. The summed E-state index contributed by atoms with van der Waals surface area (Å²) in [6, 6.07) is 7.88. The summed E-state index contributed by atoms with van der Waals surface area (Å²) in [5.74, 6) is 1.22. The van der Waals surface area contributed by atoms with E-state index in [0.29, 0.717) is 24.8 Å². The zero-order valence-electron chi connectivity index (χ0n) is 14.8.